The van der Waals surface area contributed by atoms with Crippen molar-refractivity contribution >= 4 is 29.5 Å². The topological polar surface area (TPSA) is 66.4 Å². The summed E-state index contributed by atoms with van der Waals surface area (Å²) in [7, 11) is 0. The highest BCUT2D eigenvalue weighted by molar-refractivity contribution is 6.31. The summed E-state index contributed by atoms with van der Waals surface area (Å²) < 4.78 is 51.2. The van der Waals surface area contributed by atoms with Crippen LogP contribution in [0.3, 0.4) is 0 Å². The fraction of sp³-hybridized carbons (Fsp3) is 0.0667. The molecular formula is C15H8ClF4NO3. The molecule has 0 saturated heterocycles. The summed E-state index contributed by atoms with van der Waals surface area (Å²) in [5, 5.41) is 10.9. The summed E-state index contributed by atoms with van der Waals surface area (Å²) in [4.78, 5) is 22.7. The van der Waals surface area contributed by atoms with E-state index in [9.17, 15) is 32.3 Å². The number of carbonyl (C=O) groups is 2. The Morgan fingerprint density at radius 2 is 1.88 bits per heavy atom. The van der Waals surface area contributed by atoms with E-state index in [0.717, 1.165) is 18.2 Å². The van der Waals surface area contributed by atoms with Crippen LogP contribution in [-0.2, 0) is 6.18 Å². The predicted molar refractivity (Wildman–Crippen MR) is 77.9 cm³/mol. The van der Waals surface area contributed by atoms with E-state index in [0.29, 0.717) is 12.1 Å². The molecule has 1 amide bonds. The van der Waals surface area contributed by atoms with Crippen LogP contribution in [0.5, 0.6) is 5.75 Å². The van der Waals surface area contributed by atoms with E-state index in [-0.39, 0.29) is 17.5 Å². The van der Waals surface area contributed by atoms with Gasteiger partial charge in [-0.2, -0.15) is 13.2 Å². The number of phenolic OH excluding ortho intramolecular Hbond substituents is 1. The molecule has 0 radical (unpaired) electrons. The van der Waals surface area contributed by atoms with Crippen LogP contribution in [0, 0.1) is 5.82 Å². The number of aldehydes is 1. The van der Waals surface area contributed by atoms with Crippen molar-refractivity contribution < 1.29 is 32.3 Å². The number of phenols is 1. The van der Waals surface area contributed by atoms with Crippen molar-refractivity contribution in [2.75, 3.05) is 5.32 Å². The molecule has 0 aromatic heterocycles. The molecule has 2 N–H and O–H groups in total. The summed E-state index contributed by atoms with van der Waals surface area (Å²) in [6.07, 6.45) is -4.48. The van der Waals surface area contributed by atoms with Crippen LogP contribution in [0.1, 0.15) is 26.3 Å². The van der Waals surface area contributed by atoms with Gasteiger partial charge in [0.2, 0.25) is 0 Å². The van der Waals surface area contributed by atoms with E-state index < -0.39 is 39.8 Å². The van der Waals surface area contributed by atoms with Gasteiger partial charge in [-0.25, -0.2) is 4.39 Å². The molecule has 9 heteroatoms. The summed E-state index contributed by atoms with van der Waals surface area (Å²) in [6, 6.07) is 4.17. The Bertz CT molecular complexity index is 821. The van der Waals surface area contributed by atoms with Crippen LogP contribution in [0.25, 0.3) is 0 Å². The zero-order valence-electron chi connectivity index (χ0n) is 11.6. The summed E-state index contributed by atoms with van der Waals surface area (Å²) in [5.74, 6) is -2.98. The van der Waals surface area contributed by atoms with Crippen LogP contribution < -0.4 is 5.32 Å². The van der Waals surface area contributed by atoms with Gasteiger partial charge in [0.15, 0.2) is 17.9 Å². The maximum absolute atomic E-state index is 13.4. The van der Waals surface area contributed by atoms with E-state index in [1.807, 2.05) is 0 Å². The smallest absolute Gasteiger partial charge is 0.417 e. The van der Waals surface area contributed by atoms with E-state index in [1.54, 1.807) is 0 Å². The van der Waals surface area contributed by atoms with Crippen LogP contribution in [0.15, 0.2) is 30.3 Å². The lowest BCUT2D eigenvalue weighted by Gasteiger charge is -2.11. The number of nitrogens with one attached hydrogen (secondary N) is 1. The molecule has 0 bridgehead atoms. The molecule has 0 aliphatic carbocycles. The Morgan fingerprint density at radius 1 is 1.21 bits per heavy atom. The van der Waals surface area contributed by atoms with Crippen molar-refractivity contribution in [3.8, 4) is 5.75 Å². The van der Waals surface area contributed by atoms with Gasteiger partial charge in [0, 0.05) is 11.3 Å². The van der Waals surface area contributed by atoms with Crippen LogP contribution in [-0.4, -0.2) is 17.3 Å². The number of alkyl halides is 3. The van der Waals surface area contributed by atoms with Gasteiger partial charge in [0.05, 0.1) is 16.1 Å². The molecule has 0 aliphatic rings. The first kappa shape index (κ1) is 17.7. The van der Waals surface area contributed by atoms with Crippen LogP contribution in [0.4, 0.5) is 23.2 Å². The number of anilines is 1. The highest BCUT2D eigenvalue weighted by Gasteiger charge is 2.33. The first-order valence-electron chi connectivity index (χ1n) is 6.29. The Labute approximate surface area is 137 Å². The summed E-state index contributed by atoms with van der Waals surface area (Å²) in [6.45, 7) is 0. The highest BCUT2D eigenvalue weighted by Crippen LogP contribution is 2.36. The molecule has 0 unspecified atom stereocenters. The monoisotopic (exact) mass is 361 g/mol. The minimum atomic E-state index is -4.64. The number of rotatable bonds is 3. The molecule has 2 aromatic rings. The Hall–Kier alpha value is -2.61. The van der Waals surface area contributed by atoms with Crippen molar-refractivity contribution in [3.63, 3.8) is 0 Å². The SMILES string of the molecule is O=Cc1cc(C(=O)Nc2ccc(C(F)(F)F)c(Cl)c2)cc(F)c1O. The van der Waals surface area contributed by atoms with Gasteiger partial charge in [-0.1, -0.05) is 11.6 Å². The molecular weight excluding hydrogens is 354 g/mol. The van der Waals surface area contributed by atoms with Gasteiger partial charge in [0.1, 0.15) is 0 Å². The molecule has 0 aliphatic heterocycles. The van der Waals surface area contributed by atoms with Gasteiger partial charge in [-0.05, 0) is 30.3 Å². The standard InChI is InChI=1S/C15H8ClF4NO3/c16-11-5-9(1-2-10(11)15(18,19)20)21-14(24)7-3-8(6-22)13(23)12(17)4-7/h1-6,23H,(H,21,24). The van der Waals surface area contributed by atoms with Gasteiger partial charge >= 0.3 is 6.18 Å². The highest BCUT2D eigenvalue weighted by atomic mass is 35.5. The van der Waals surface area contributed by atoms with Gasteiger partial charge < -0.3 is 10.4 Å². The fourth-order valence-electron chi connectivity index (χ4n) is 1.87. The minimum Gasteiger partial charge on any atom is -0.504 e. The second-order valence-corrected chi connectivity index (χ2v) is 5.07. The quantitative estimate of drug-likeness (QED) is 0.634. The van der Waals surface area contributed by atoms with E-state index in [2.05, 4.69) is 5.32 Å². The van der Waals surface area contributed by atoms with Crippen molar-refractivity contribution in [2.45, 2.75) is 6.18 Å². The second kappa shape index (κ2) is 6.48. The average molecular weight is 362 g/mol. The third-order valence-corrected chi connectivity index (χ3v) is 3.33. The lowest BCUT2D eigenvalue weighted by molar-refractivity contribution is -0.137. The number of amides is 1. The first-order chi connectivity index (χ1) is 11.1. The van der Waals surface area contributed by atoms with E-state index in [1.165, 1.54) is 0 Å². The molecule has 24 heavy (non-hydrogen) atoms. The average Bonchev–Trinajstić information content (AvgIpc) is 2.48. The number of carbonyl (C=O) groups excluding carboxylic acids is 2. The van der Waals surface area contributed by atoms with Gasteiger partial charge in [-0.15, -0.1) is 0 Å². The first-order valence-corrected chi connectivity index (χ1v) is 6.67. The maximum Gasteiger partial charge on any atom is 0.417 e. The van der Waals surface area contributed by atoms with Gasteiger partial charge in [-0.3, -0.25) is 9.59 Å². The zero-order chi connectivity index (χ0) is 18.1. The molecule has 126 valence electrons. The van der Waals surface area contributed by atoms with Crippen molar-refractivity contribution in [2.24, 2.45) is 0 Å². The van der Waals surface area contributed by atoms with Gasteiger partial charge in [0.25, 0.3) is 5.91 Å². The van der Waals surface area contributed by atoms with Crippen LogP contribution in [0.2, 0.25) is 5.02 Å². The number of aromatic hydroxyl groups is 1. The maximum atomic E-state index is 13.4. The molecule has 0 spiro atoms. The zero-order valence-corrected chi connectivity index (χ0v) is 12.4. The van der Waals surface area contributed by atoms with E-state index in [4.69, 9.17) is 11.6 Å². The normalized spacial score (nSPS) is 11.2. The second-order valence-electron chi connectivity index (χ2n) is 4.66. The molecule has 4 nitrogen and oxygen atoms in total. The van der Waals surface area contributed by atoms with Crippen molar-refractivity contribution in [3.05, 3.63) is 57.9 Å². The molecule has 2 aromatic carbocycles. The minimum absolute atomic E-state index is 0.0564. The lowest BCUT2D eigenvalue weighted by atomic mass is 10.1. The Balaban J connectivity index is 2.29. The largest absolute Gasteiger partial charge is 0.504 e. The molecule has 0 saturated carbocycles. The molecule has 0 heterocycles. The van der Waals surface area contributed by atoms with Crippen LogP contribution >= 0.6 is 11.6 Å². The molecule has 2 rings (SSSR count). The number of halogens is 5. The van der Waals surface area contributed by atoms with E-state index >= 15 is 0 Å². The predicted octanol–water partition coefficient (Wildman–Crippen LogP) is 4.27. The number of benzene rings is 2. The van der Waals surface area contributed by atoms with Crippen molar-refractivity contribution in [1.82, 2.24) is 0 Å². The third kappa shape index (κ3) is 3.65. The summed E-state index contributed by atoms with van der Waals surface area (Å²) in [5.41, 5.74) is -1.87. The Kier molecular flexibility index (Phi) is 4.79. The number of hydrogen-bond donors (Lipinski definition) is 2. The molecule has 0 fully saturated rings. The molecule has 0 atom stereocenters. The Morgan fingerprint density at radius 3 is 2.42 bits per heavy atom. The number of hydrogen-bond acceptors (Lipinski definition) is 3. The fourth-order valence-corrected chi connectivity index (χ4v) is 2.15. The summed E-state index contributed by atoms with van der Waals surface area (Å²) >= 11 is 5.53. The van der Waals surface area contributed by atoms with Crippen molar-refractivity contribution in [1.29, 1.82) is 0 Å². The third-order valence-electron chi connectivity index (χ3n) is 3.01. The lowest BCUT2D eigenvalue weighted by Crippen LogP contribution is -2.13.